The molecule has 1 amide bonds. The summed E-state index contributed by atoms with van der Waals surface area (Å²) in [6.07, 6.45) is 1.01. The van der Waals surface area contributed by atoms with Crippen LogP contribution in [0.3, 0.4) is 0 Å². The molecule has 0 radical (unpaired) electrons. The minimum atomic E-state index is -0.276. The van der Waals surface area contributed by atoms with Crippen LogP contribution in [0.1, 0.15) is 23.7 Å². The van der Waals surface area contributed by atoms with E-state index in [1.54, 1.807) is 50.2 Å². The second kappa shape index (κ2) is 14.0. The highest BCUT2D eigenvalue weighted by Crippen LogP contribution is 2.32. The fourth-order valence-corrected chi connectivity index (χ4v) is 5.84. The summed E-state index contributed by atoms with van der Waals surface area (Å²) in [6, 6.07) is 30.3. The number of aromatic amines is 1. The quantitative estimate of drug-likeness (QED) is 0.115. The van der Waals surface area contributed by atoms with Gasteiger partial charge >= 0.3 is 0 Å². The highest BCUT2D eigenvalue weighted by atomic mass is 32.2. The number of fused-ring (bicyclic) bond motifs is 1. The molecule has 7 nitrogen and oxygen atoms in total. The molecule has 0 saturated heterocycles. The summed E-state index contributed by atoms with van der Waals surface area (Å²) in [4.78, 5) is 32.9. The number of nitrogens with zero attached hydrogens (tertiary/aromatic N) is 1. The van der Waals surface area contributed by atoms with Crippen LogP contribution in [0.4, 0.5) is 11.4 Å². The Morgan fingerprint density at radius 1 is 0.884 bits per heavy atom. The zero-order valence-electron chi connectivity index (χ0n) is 24.6. The Kier molecular flexibility index (Phi) is 9.69. The minimum absolute atomic E-state index is 0.130. The molecule has 1 heterocycles. The highest BCUT2D eigenvalue weighted by Gasteiger charge is 2.14. The first-order valence-corrected chi connectivity index (χ1v) is 15.2. The number of benzene rings is 4. The van der Waals surface area contributed by atoms with E-state index in [1.165, 1.54) is 0 Å². The molecule has 0 bridgehead atoms. The van der Waals surface area contributed by atoms with E-state index in [9.17, 15) is 9.59 Å². The molecule has 43 heavy (non-hydrogen) atoms. The maximum atomic E-state index is 13.3. The van der Waals surface area contributed by atoms with Gasteiger partial charge in [0.25, 0.3) is 5.91 Å². The predicted octanol–water partition coefficient (Wildman–Crippen LogP) is 7.47. The Labute approximate surface area is 255 Å². The summed E-state index contributed by atoms with van der Waals surface area (Å²) in [6.45, 7) is 3.97. The van der Waals surface area contributed by atoms with Crippen molar-refractivity contribution < 1.29 is 14.3 Å². The number of amides is 1. The number of pyridine rings is 1. The van der Waals surface area contributed by atoms with Gasteiger partial charge in [-0.05, 0) is 73.2 Å². The molecule has 0 aliphatic rings. The second-order valence-corrected chi connectivity index (χ2v) is 11.1. The van der Waals surface area contributed by atoms with Crippen LogP contribution in [0, 0.1) is 0 Å². The van der Waals surface area contributed by atoms with E-state index < -0.39 is 0 Å². The molecule has 5 aromatic rings. The maximum Gasteiger partial charge on any atom is 0.257 e. The number of rotatable bonds is 12. The van der Waals surface area contributed by atoms with Gasteiger partial charge in [0, 0.05) is 52.6 Å². The number of aromatic nitrogens is 1. The Bertz CT molecular complexity index is 1750. The first-order chi connectivity index (χ1) is 21.0. The fraction of sp³-hybridized carbons (Fsp3) is 0.200. The summed E-state index contributed by atoms with van der Waals surface area (Å²) in [7, 11) is 3.29. The molecule has 0 unspecified atom stereocenters. The summed E-state index contributed by atoms with van der Waals surface area (Å²) in [5.74, 6) is 2.14. The maximum absolute atomic E-state index is 13.3. The molecule has 0 saturated carbocycles. The molecule has 0 aliphatic heterocycles. The van der Waals surface area contributed by atoms with Gasteiger partial charge in [0.1, 0.15) is 0 Å². The molecule has 0 atom stereocenters. The molecular formula is C35H35N3O4S. The van der Waals surface area contributed by atoms with Crippen molar-refractivity contribution >= 4 is 39.9 Å². The first kappa shape index (κ1) is 29.8. The van der Waals surface area contributed by atoms with Crippen molar-refractivity contribution in [3.05, 3.63) is 113 Å². The molecule has 4 aromatic carbocycles. The van der Waals surface area contributed by atoms with Crippen molar-refractivity contribution in [3.63, 3.8) is 0 Å². The standard InChI is InChI=1S/C35H35N3O4S/c1-4-38(26-16-19-32(41-2)33(22-26)42-3)20-9-21-43-27-17-14-25(15-18-27)36-35(40)29-13-8-12-28-31(39)23-30(37-34(28)29)24-10-6-5-7-11-24/h5-8,10-19,22-23H,4,9,20-21H2,1-3H3,(H,36,40)(H,37,39). The number of nitrogens with one attached hydrogen (secondary N) is 2. The average Bonchev–Trinajstić information content (AvgIpc) is 3.05. The van der Waals surface area contributed by atoms with Crippen LogP contribution in [-0.4, -0.2) is 44.0 Å². The minimum Gasteiger partial charge on any atom is -0.493 e. The number of anilines is 2. The third kappa shape index (κ3) is 7.04. The molecule has 0 fully saturated rings. The fourth-order valence-electron chi connectivity index (χ4n) is 5.00. The van der Waals surface area contributed by atoms with Gasteiger partial charge in [-0.1, -0.05) is 36.4 Å². The van der Waals surface area contributed by atoms with E-state index in [1.807, 2.05) is 66.7 Å². The van der Waals surface area contributed by atoms with Gasteiger partial charge in [-0.15, -0.1) is 11.8 Å². The van der Waals surface area contributed by atoms with Crippen molar-refractivity contribution in [1.29, 1.82) is 0 Å². The number of para-hydroxylation sites is 1. The lowest BCUT2D eigenvalue weighted by Gasteiger charge is -2.24. The zero-order valence-corrected chi connectivity index (χ0v) is 25.4. The summed E-state index contributed by atoms with van der Waals surface area (Å²) in [5, 5.41) is 3.46. The number of methoxy groups -OCH3 is 2. The smallest absolute Gasteiger partial charge is 0.257 e. The Hall–Kier alpha value is -4.69. The first-order valence-electron chi connectivity index (χ1n) is 14.2. The van der Waals surface area contributed by atoms with E-state index in [2.05, 4.69) is 28.2 Å². The normalized spacial score (nSPS) is 10.9. The van der Waals surface area contributed by atoms with Crippen LogP contribution in [0.2, 0.25) is 0 Å². The highest BCUT2D eigenvalue weighted by molar-refractivity contribution is 7.99. The molecule has 8 heteroatoms. The van der Waals surface area contributed by atoms with Gasteiger partial charge in [0.2, 0.25) is 0 Å². The van der Waals surface area contributed by atoms with E-state index in [4.69, 9.17) is 9.47 Å². The predicted molar refractivity (Wildman–Crippen MR) is 177 cm³/mol. The number of thioether (sulfide) groups is 1. The summed E-state index contributed by atoms with van der Waals surface area (Å²) >= 11 is 1.78. The van der Waals surface area contributed by atoms with Crippen molar-refractivity contribution in [2.24, 2.45) is 0 Å². The molecule has 0 spiro atoms. The van der Waals surface area contributed by atoms with Gasteiger partial charge in [-0.3, -0.25) is 9.59 Å². The molecule has 5 rings (SSSR count). The van der Waals surface area contributed by atoms with Crippen molar-refractivity contribution in [2.45, 2.75) is 18.2 Å². The lowest BCUT2D eigenvalue weighted by molar-refractivity contribution is 0.102. The monoisotopic (exact) mass is 593 g/mol. The molecular weight excluding hydrogens is 558 g/mol. The largest absolute Gasteiger partial charge is 0.493 e. The topological polar surface area (TPSA) is 83.7 Å². The van der Waals surface area contributed by atoms with Crippen LogP contribution in [0.15, 0.2) is 107 Å². The SMILES string of the molecule is CCN(CCCSc1ccc(NC(=O)c2cccc3c(=O)cc(-c4ccccc4)[nH]c23)cc1)c1ccc(OC)c(OC)c1. The molecule has 1 aromatic heterocycles. The number of carbonyl (C=O) groups excluding carboxylic acids is 1. The molecule has 2 N–H and O–H groups in total. The summed E-state index contributed by atoms with van der Waals surface area (Å²) in [5.41, 5.74) is 4.16. The lowest BCUT2D eigenvalue weighted by atomic mass is 10.1. The number of ether oxygens (including phenoxy) is 2. The van der Waals surface area contributed by atoms with Crippen LogP contribution < -0.4 is 25.1 Å². The number of hydrogen-bond acceptors (Lipinski definition) is 6. The van der Waals surface area contributed by atoms with E-state index >= 15 is 0 Å². The van der Waals surface area contributed by atoms with E-state index in [0.717, 1.165) is 52.9 Å². The van der Waals surface area contributed by atoms with E-state index in [0.29, 0.717) is 27.8 Å². The van der Waals surface area contributed by atoms with Gasteiger partial charge in [0.05, 0.1) is 25.3 Å². The summed E-state index contributed by atoms with van der Waals surface area (Å²) < 4.78 is 10.8. The van der Waals surface area contributed by atoms with Crippen molar-refractivity contribution in [3.8, 4) is 22.8 Å². The average molecular weight is 594 g/mol. The third-order valence-electron chi connectivity index (χ3n) is 7.26. The Morgan fingerprint density at radius 2 is 1.65 bits per heavy atom. The Morgan fingerprint density at radius 3 is 2.37 bits per heavy atom. The zero-order chi connectivity index (χ0) is 30.2. The molecule has 220 valence electrons. The van der Waals surface area contributed by atoms with Gasteiger partial charge in [0.15, 0.2) is 16.9 Å². The van der Waals surface area contributed by atoms with Crippen LogP contribution in [-0.2, 0) is 0 Å². The van der Waals surface area contributed by atoms with Crippen molar-refractivity contribution in [2.75, 3.05) is 43.3 Å². The van der Waals surface area contributed by atoms with Crippen LogP contribution in [0.5, 0.6) is 11.5 Å². The van der Waals surface area contributed by atoms with E-state index in [-0.39, 0.29) is 11.3 Å². The van der Waals surface area contributed by atoms with Crippen LogP contribution in [0.25, 0.3) is 22.2 Å². The number of carbonyl (C=O) groups is 1. The van der Waals surface area contributed by atoms with Crippen LogP contribution >= 0.6 is 11.8 Å². The number of hydrogen-bond donors (Lipinski definition) is 2. The lowest BCUT2D eigenvalue weighted by Crippen LogP contribution is -2.24. The van der Waals surface area contributed by atoms with Gasteiger partial charge in [-0.2, -0.15) is 0 Å². The molecule has 0 aliphatic carbocycles. The number of H-pyrrole nitrogens is 1. The van der Waals surface area contributed by atoms with Gasteiger partial charge < -0.3 is 24.7 Å². The third-order valence-corrected chi connectivity index (χ3v) is 8.36. The van der Waals surface area contributed by atoms with Gasteiger partial charge in [-0.25, -0.2) is 0 Å². The Balaban J connectivity index is 1.20. The second-order valence-electron chi connectivity index (χ2n) is 9.94. The van der Waals surface area contributed by atoms with Crippen molar-refractivity contribution in [1.82, 2.24) is 4.98 Å².